The molecule has 0 N–H and O–H groups in total. The van der Waals surface area contributed by atoms with Crippen molar-refractivity contribution in [2.24, 2.45) is 0 Å². The molecule has 0 radical (unpaired) electrons. The van der Waals surface area contributed by atoms with Gasteiger partial charge in [-0.05, 0) is 6.42 Å². The molecule has 3 nitrogen and oxygen atoms in total. The first-order valence-electron chi connectivity index (χ1n) is 5.09. The molecule has 0 aliphatic rings. The smallest absolute Gasteiger partial charge is 0.150 e. The monoisotopic (exact) mass is 264 g/mol. The maximum absolute atomic E-state index is 10.3. The lowest BCUT2D eigenvalue weighted by Crippen LogP contribution is -2.22. The van der Waals surface area contributed by atoms with Crippen molar-refractivity contribution >= 4 is 29.1 Å². The third-order valence-electron chi connectivity index (χ3n) is 2.08. The van der Waals surface area contributed by atoms with Crippen LogP contribution in [-0.4, -0.2) is 16.7 Å². The Labute approximate surface area is 108 Å². The van der Waals surface area contributed by atoms with Gasteiger partial charge in [0.05, 0.1) is 5.69 Å². The maximum Gasteiger partial charge on any atom is 0.150 e. The van der Waals surface area contributed by atoms with Crippen LogP contribution in [0, 0.1) is 0 Å². The molecule has 1 aromatic heterocycles. The topological polar surface area (TPSA) is 53.0 Å². The zero-order valence-corrected chi connectivity index (χ0v) is 10.6. The van der Waals surface area contributed by atoms with Crippen molar-refractivity contribution in [2.75, 3.05) is 5.75 Å². The van der Waals surface area contributed by atoms with E-state index < -0.39 is 5.97 Å². The summed E-state index contributed by atoms with van der Waals surface area (Å²) in [5, 5.41) is 12.3. The summed E-state index contributed by atoms with van der Waals surface area (Å²) in [5.74, 6) is -0.512. The third kappa shape index (κ3) is 3.57. The van der Waals surface area contributed by atoms with E-state index in [2.05, 4.69) is 4.98 Å². The lowest BCUT2D eigenvalue weighted by Gasteiger charge is -1.98. The van der Waals surface area contributed by atoms with Crippen LogP contribution in [0.1, 0.15) is 6.42 Å². The Morgan fingerprint density at radius 2 is 2.12 bits per heavy atom. The number of thioether (sulfide) groups is 1. The number of rotatable bonds is 5. The maximum atomic E-state index is 10.3. The van der Waals surface area contributed by atoms with Crippen LogP contribution >= 0.6 is 23.1 Å². The van der Waals surface area contributed by atoms with Crippen molar-refractivity contribution in [3.63, 3.8) is 0 Å². The van der Waals surface area contributed by atoms with Crippen molar-refractivity contribution in [3.05, 3.63) is 35.7 Å². The van der Waals surface area contributed by atoms with Gasteiger partial charge in [0.25, 0.3) is 0 Å². The van der Waals surface area contributed by atoms with Crippen LogP contribution in [0.2, 0.25) is 0 Å². The van der Waals surface area contributed by atoms with Gasteiger partial charge in [0.15, 0.2) is 4.34 Å². The summed E-state index contributed by atoms with van der Waals surface area (Å²) in [6.07, 6.45) is 0.0604. The lowest BCUT2D eigenvalue weighted by atomic mass is 10.2. The van der Waals surface area contributed by atoms with E-state index in [0.29, 0.717) is 5.75 Å². The fourth-order valence-corrected chi connectivity index (χ4v) is 3.11. The Morgan fingerprint density at radius 1 is 1.35 bits per heavy atom. The molecular formula is C12H10NO2S2-. The van der Waals surface area contributed by atoms with Crippen LogP contribution in [0.3, 0.4) is 0 Å². The van der Waals surface area contributed by atoms with Gasteiger partial charge in [0.2, 0.25) is 0 Å². The molecule has 0 atom stereocenters. The number of carboxylic acid groups (broad SMARTS) is 1. The molecule has 0 saturated heterocycles. The van der Waals surface area contributed by atoms with Crippen molar-refractivity contribution in [1.82, 2.24) is 4.98 Å². The SMILES string of the molecule is O=C([O-])CCSc1nc(-c2ccccc2)cs1. The summed E-state index contributed by atoms with van der Waals surface area (Å²) >= 11 is 2.99. The highest BCUT2D eigenvalue weighted by atomic mass is 32.2. The average Bonchev–Trinajstić information content (AvgIpc) is 2.78. The van der Waals surface area contributed by atoms with Gasteiger partial charge >= 0.3 is 0 Å². The zero-order valence-electron chi connectivity index (χ0n) is 8.96. The Hall–Kier alpha value is -1.33. The molecule has 88 valence electrons. The average molecular weight is 264 g/mol. The van der Waals surface area contributed by atoms with E-state index in [1.807, 2.05) is 35.7 Å². The molecule has 1 heterocycles. The predicted molar refractivity (Wildman–Crippen MR) is 67.9 cm³/mol. The van der Waals surface area contributed by atoms with Crippen LogP contribution in [-0.2, 0) is 4.79 Å². The molecule has 0 bridgehead atoms. The summed E-state index contributed by atoms with van der Waals surface area (Å²) in [4.78, 5) is 14.7. The van der Waals surface area contributed by atoms with Gasteiger partial charge < -0.3 is 9.90 Å². The van der Waals surface area contributed by atoms with Gasteiger partial charge in [0, 0.05) is 22.7 Å². The predicted octanol–water partition coefficient (Wildman–Crippen LogP) is 2.04. The van der Waals surface area contributed by atoms with Crippen LogP contribution in [0.25, 0.3) is 11.3 Å². The normalized spacial score (nSPS) is 10.4. The Kier molecular flexibility index (Phi) is 4.17. The highest BCUT2D eigenvalue weighted by Gasteiger charge is 2.04. The molecule has 0 unspecified atom stereocenters. The molecule has 0 saturated carbocycles. The fourth-order valence-electron chi connectivity index (χ4n) is 1.29. The zero-order chi connectivity index (χ0) is 12.1. The van der Waals surface area contributed by atoms with Crippen molar-refractivity contribution in [1.29, 1.82) is 0 Å². The molecule has 2 aromatic rings. The summed E-state index contributed by atoms with van der Waals surface area (Å²) in [5.41, 5.74) is 2.02. The first kappa shape index (κ1) is 12.1. The highest BCUT2D eigenvalue weighted by Crippen LogP contribution is 2.28. The van der Waals surface area contributed by atoms with Gasteiger partial charge in [-0.3, -0.25) is 0 Å². The van der Waals surface area contributed by atoms with Gasteiger partial charge in [-0.1, -0.05) is 42.1 Å². The number of aliphatic carboxylic acids is 1. The molecule has 0 fully saturated rings. The van der Waals surface area contributed by atoms with Crippen LogP contribution in [0.15, 0.2) is 40.1 Å². The largest absolute Gasteiger partial charge is 0.550 e. The van der Waals surface area contributed by atoms with E-state index in [1.54, 1.807) is 0 Å². The Balaban J connectivity index is 1.99. The first-order valence-corrected chi connectivity index (χ1v) is 6.96. The number of benzene rings is 1. The molecule has 17 heavy (non-hydrogen) atoms. The number of aromatic nitrogens is 1. The Bertz CT molecular complexity index is 496. The minimum Gasteiger partial charge on any atom is -0.550 e. The van der Waals surface area contributed by atoms with E-state index in [0.717, 1.165) is 15.6 Å². The van der Waals surface area contributed by atoms with Crippen molar-refractivity contribution < 1.29 is 9.90 Å². The quantitative estimate of drug-likeness (QED) is 0.775. The molecule has 2 rings (SSSR count). The lowest BCUT2D eigenvalue weighted by molar-refractivity contribution is -0.305. The number of thiazole rings is 1. The second kappa shape index (κ2) is 5.84. The first-order chi connectivity index (χ1) is 8.25. The molecule has 0 aliphatic heterocycles. The van der Waals surface area contributed by atoms with Crippen LogP contribution in [0.4, 0.5) is 0 Å². The minimum absolute atomic E-state index is 0.0604. The minimum atomic E-state index is -1.02. The van der Waals surface area contributed by atoms with E-state index in [9.17, 15) is 9.90 Å². The molecule has 0 amide bonds. The second-order valence-electron chi connectivity index (χ2n) is 3.34. The van der Waals surface area contributed by atoms with Gasteiger partial charge in [0.1, 0.15) is 0 Å². The van der Waals surface area contributed by atoms with Gasteiger partial charge in [-0.2, -0.15) is 0 Å². The second-order valence-corrected chi connectivity index (χ2v) is 5.54. The van der Waals surface area contributed by atoms with E-state index in [1.165, 1.54) is 23.1 Å². The fraction of sp³-hybridized carbons (Fsp3) is 0.167. The molecular weight excluding hydrogens is 254 g/mol. The molecule has 1 aromatic carbocycles. The number of carbonyl (C=O) groups is 1. The number of carbonyl (C=O) groups excluding carboxylic acids is 1. The summed E-state index contributed by atoms with van der Waals surface area (Å²) < 4.78 is 0.894. The number of hydrogen-bond donors (Lipinski definition) is 0. The van der Waals surface area contributed by atoms with Crippen molar-refractivity contribution in [2.45, 2.75) is 10.8 Å². The summed E-state index contributed by atoms with van der Waals surface area (Å²) in [6, 6.07) is 9.91. The van der Waals surface area contributed by atoms with E-state index in [-0.39, 0.29) is 6.42 Å². The summed E-state index contributed by atoms with van der Waals surface area (Å²) in [7, 11) is 0. The van der Waals surface area contributed by atoms with E-state index in [4.69, 9.17) is 0 Å². The number of hydrogen-bond acceptors (Lipinski definition) is 5. The van der Waals surface area contributed by atoms with Gasteiger partial charge in [-0.15, -0.1) is 11.3 Å². The third-order valence-corrected chi connectivity index (χ3v) is 4.11. The summed E-state index contributed by atoms with van der Waals surface area (Å²) in [6.45, 7) is 0. The highest BCUT2D eigenvalue weighted by molar-refractivity contribution is 8.01. The Morgan fingerprint density at radius 3 is 2.82 bits per heavy atom. The molecule has 0 aliphatic carbocycles. The number of carboxylic acids is 1. The standard InChI is InChI=1S/C12H11NO2S2/c14-11(15)6-7-16-12-13-10(8-17-12)9-4-2-1-3-5-9/h1-5,8H,6-7H2,(H,14,15)/p-1. The molecule has 0 spiro atoms. The number of nitrogens with zero attached hydrogens (tertiary/aromatic N) is 1. The van der Waals surface area contributed by atoms with Crippen LogP contribution < -0.4 is 5.11 Å². The van der Waals surface area contributed by atoms with Crippen LogP contribution in [0.5, 0.6) is 0 Å². The van der Waals surface area contributed by atoms with Crippen molar-refractivity contribution in [3.8, 4) is 11.3 Å². The van der Waals surface area contributed by atoms with Gasteiger partial charge in [-0.25, -0.2) is 4.98 Å². The van der Waals surface area contributed by atoms with E-state index >= 15 is 0 Å². The molecule has 5 heteroatoms.